The van der Waals surface area contributed by atoms with Gasteiger partial charge in [0.25, 0.3) is 0 Å². The third kappa shape index (κ3) is 4.92. The van der Waals surface area contributed by atoms with E-state index < -0.39 is 0 Å². The molecule has 35 heavy (non-hydrogen) atoms. The minimum absolute atomic E-state index is 1.24. The van der Waals surface area contributed by atoms with Crippen molar-refractivity contribution in [1.82, 2.24) is 0 Å². The summed E-state index contributed by atoms with van der Waals surface area (Å²) >= 11 is 1.88. The fourth-order valence-electron chi connectivity index (χ4n) is 4.39. The molecule has 0 N–H and O–H groups in total. The second-order valence-corrected chi connectivity index (χ2v) is 10.5. The van der Waals surface area contributed by atoms with Crippen molar-refractivity contribution in [2.45, 2.75) is 27.7 Å². The molecule has 0 bridgehead atoms. The summed E-state index contributed by atoms with van der Waals surface area (Å²) in [6, 6.07) is 31.1. The minimum Gasteiger partial charge on any atom is -0.135 e. The van der Waals surface area contributed by atoms with Gasteiger partial charge in [-0.05, 0) is 73.2 Å². The van der Waals surface area contributed by atoms with E-state index in [4.69, 9.17) is 0 Å². The highest BCUT2D eigenvalue weighted by Gasteiger charge is 2.10. The Kier molecular flexibility index (Phi) is 6.53. The molecule has 0 saturated heterocycles. The number of hydrogen-bond acceptors (Lipinski definition) is 1. The van der Waals surface area contributed by atoms with Crippen LogP contribution in [-0.2, 0) is 0 Å². The van der Waals surface area contributed by atoms with Crippen LogP contribution in [0.25, 0.3) is 48.5 Å². The lowest BCUT2D eigenvalue weighted by molar-refractivity contribution is 1.38. The highest BCUT2D eigenvalue weighted by Crippen LogP contribution is 2.40. The molecule has 5 aromatic rings. The Morgan fingerprint density at radius 3 is 2.20 bits per heavy atom. The van der Waals surface area contributed by atoms with Crippen molar-refractivity contribution in [1.29, 1.82) is 0 Å². The first kappa shape index (κ1) is 23.1. The molecule has 1 heteroatoms. The van der Waals surface area contributed by atoms with Crippen LogP contribution < -0.4 is 0 Å². The van der Waals surface area contributed by atoms with E-state index in [1.54, 1.807) is 0 Å². The van der Waals surface area contributed by atoms with Crippen molar-refractivity contribution in [2.24, 2.45) is 0 Å². The largest absolute Gasteiger partial charge is 0.135 e. The predicted octanol–water partition coefficient (Wildman–Crippen LogP) is 10.6. The number of benzene rings is 4. The predicted molar refractivity (Wildman–Crippen MR) is 157 cm³/mol. The zero-order chi connectivity index (χ0) is 24.4. The molecule has 172 valence electrons. The van der Waals surface area contributed by atoms with E-state index in [1.165, 1.54) is 64.7 Å². The molecule has 0 spiro atoms. The van der Waals surface area contributed by atoms with Crippen LogP contribution >= 0.6 is 11.3 Å². The summed E-state index contributed by atoms with van der Waals surface area (Å²) in [6.07, 6.45) is 8.74. The first-order chi connectivity index (χ1) is 17.0. The van der Waals surface area contributed by atoms with E-state index in [-0.39, 0.29) is 0 Å². The van der Waals surface area contributed by atoms with Crippen molar-refractivity contribution in [2.75, 3.05) is 0 Å². The van der Waals surface area contributed by atoms with E-state index in [1.807, 2.05) is 11.3 Å². The second-order valence-electron chi connectivity index (χ2n) is 9.42. The topological polar surface area (TPSA) is 0 Å². The van der Waals surface area contributed by atoms with Crippen molar-refractivity contribution in [3.8, 4) is 22.3 Å². The molecule has 1 heterocycles. The Morgan fingerprint density at radius 1 is 0.686 bits per heavy atom. The standard InChI is InChI=1S/C34H30S/c1-23(2)12-13-24(3)14-16-28-22-29(17-15-25(28)4)26-18-20-27(21-19-26)30-9-7-10-32-31-8-5-6-11-33(31)35-34(30)32/h5-22H,1-4H3/b16-14+,24-13-. The van der Waals surface area contributed by atoms with Gasteiger partial charge in [-0.1, -0.05) is 108 Å². The molecule has 0 nitrogen and oxygen atoms in total. The summed E-state index contributed by atoms with van der Waals surface area (Å²) in [7, 11) is 0. The summed E-state index contributed by atoms with van der Waals surface area (Å²) in [4.78, 5) is 0. The Labute approximate surface area is 212 Å². The molecule has 0 radical (unpaired) electrons. The maximum absolute atomic E-state index is 2.29. The van der Waals surface area contributed by atoms with Gasteiger partial charge in [0.2, 0.25) is 0 Å². The molecule has 0 aliphatic heterocycles. The van der Waals surface area contributed by atoms with Gasteiger partial charge in [0, 0.05) is 20.2 Å². The Bertz CT molecular complexity index is 1600. The Morgan fingerprint density at radius 2 is 1.40 bits per heavy atom. The maximum Gasteiger partial charge on any atom is 0.0433 e. The smallest absolute Gasteiger partial charge is 0.0433 e. The van der Waals surface area contributed by atoms with Gasteiger partial charge in [-0.15, -0.1) is 11.3 Å². The molecule has 0 unspecified atom stereocenters. The fraction of sp³-hybridized carbons (Fsp3) is 0.118. The van der Waals surface area contributed by atoms with E-state index >= 15 is 0 Å². The zero-order valence-corrected chi connectivity index (χ0v) is 21.6. The zero-order valence-electron chi connectivity index (χ0n) is 20.8. The third-order valence-corrected chi connectivity index (χ3v) is 7.64. The van der Waals surface area contributed by atoms with E-state index in [9.17, 15) is 0 Å². The van der Waals surface area contributed by atoms with Crippen LogP contribution in [0.5, 0.6) is 0 Å². The van der Waals surface area contributed by atoms with Crippen LogP contribution in [0.1, 0.15) is 31.9 Å². The average molecular weight is 471 g/mol. The summed E-state index contributed by atoms with van der Waals surface area (Å²) in [5, 5.41) is 2.69. The lowest BCUT2D eigenvalue weighted by Gasteiger charge is -2.09. The lowest BCUT2D eigenvalue weighted by atomic mass is 9.96. The normalized spacial score (nSPS) is 12.1. The summed E-state index contributed by atoms with van der Waals surface area (Å²) in [5.74, 6) is 0. The van der Waals surface area contributed by atoms with E-state index in [0.717, 1.165) is 0 Å². The van der Waals surface area contributed by atoms with Gasteiger partial charge < -0.3 is 0 Å². The number of allylic oxidation sites excluding steroid dienone is 5. The third-order valence-electron chi connectivity index (χ3n) is 6.42. The first-order valence-corrected chi connectivity index (χ1v) is 12.9. The van der Waals surface area contributed by atoms with Gasteiger partial charge in [-0.2, -0.15) is 0 Å². The molecule has 0 aliphatic rings. The summed E-state index contributed by atoms with van der Waals surface area (Å²) in [5.41, 5.74) is 10.1. The van der Waals surface area contributed by atoms with Crippen LogP contribution in [0.3, 0.4) is 0 Å². The lowest BCUT2D eigenvalue weighted by Crippen LogP contribution is -1.85. The Balaban J connectivity index is 1.46. The molecule has 0 aliphatic carbocycles. The molecule has 0 atom stereocenters. The van der Waals surface area contributed by atoms with Crippen LogP contribution in [-0.4, -0.2) is 0 Å². The van der Waals surface area contributed by atoms with Gasteiger partial charge in [-0.25, -0.2) is 0 Å². The summed E-state index contributed by atoms with van der Waals surface area (Å²) < 4.78 is 2.71. The number of hydrogen-bond donors (Lipinski definition) is 0. The maximum atomic E-state index is 2.29. The SMILES string of the molecule is CC(C)=C/C=C(C)\C=C\c1cc(-c2ccc(-c3cccc4c3sc3ccccc34)cc2)ccc1C. The first-order valence-electron chi connectivity index (χ1n) is 12.1. The quantitative estimate of drug-likeness (QED) is 0.224. The fourth-order valence-corrected chi connectivity index (χ4v) is 5.63. The van der Waals surface area contributed by atoms with Crippen molar-refractivity contribution < 1.29 is 0 Å². The second kappa shape index (κ2) is 9.90. The van der Waals surface area contributed by atoms with Crippen LogP contribution in [0.2, 0.25) is 0 Å². The van der Waals surface area contributed by atoms with Crippen LogP contribution in [0.15, 0.2) is 114 Å². The monoisotopic (exact) mass is 470 g/mol. The van der Waals surface area contributed by atoms with E-state index in [2.05, 4.69) is 137 Å². The van der Waals surface area contributed by atoms with Gasteiger partial charge in [-0.3, -0.25) is 0 Å². The molecular weight excluding hydrogens is 440 g/mol. The summed E-state index contributed by atoms with van der Waals surface area (Å²) in [6.45, 7) is 8.56. The van der Waals surface area contributed by atoms with Gasteiger partial charge in [0.15, 0.2) is 0 Å². The highest BCUT2D eigenvalue weighted by molar-refractivity contribution is 7.26. The number of aryl methyl sites for hydroxylation is 1. The van der Waals surface area contributed by atoms with Crippen LogP contribution in [0, 0.1) is 6.92 Å². The molecule has 1 aromatic heterocycles. The van der Waals surface area contributed by atoms with Gasteiger partial charge >= 0.3 is 0 Å². The average Bonchev–Trinajstić information content (AvgIpc) is 3.26. The van der Waals surface area contributed by atoms with Crippen molar-refractivity contribution >= 4 is 37.6 Å². The van der Waals surface area contributed by atoms with Crippen molar-refractivity contribution in [3.63, 3.8) is 0 Å². The number of rotatable bonds is 5. The molecule has 0 fully saturated rings. The molecule has 5 rings (SSSR count). The molecule has 0 saturated carbocycles. The number of fused-ring (bicyclic) bond motifs is 3. The molecule has 0 amide bonds. The minimum atomic E-state index is 1.24. The number of thiophene rings is 1. The molecule has 4 aromatic carbocycles. The van der Waals surface area contributed by atoms with Crippen molar-refractivity contribution in [3.05, 3.63) is 125 Å². The van der Waals surface area contributed by atoms with Crippen LogP contribution in [0.4, 0.5) is 0 Å². The Hall–Kier alpha value is -3.68. The molecular formula is C34H30S. The highest BCUT2D eigenvalue weighted by atomic mass is 32.1. The van der Waals surface area contributed by atoms with E-state index in [0.29, 0.717) is 0 Å². The van der Waals surface area contributed by atoms with Gasteiger partial charge in [0.05, 0.1) is 0 Å². The van der Waals surface area contributed by atoms with Gasteiger partial charge in [0.1, 0.15) is 0 Å².